The summed E-state index contributed by atoms with van der Waals surface area (Å²) < 4.78 is 5.71. The van der Waals surface area contributed by atoms with Crippen LogP contribution in [0.3, 0.4) is 0 Å². The maximum atomic E-state index is 12.3. The third-order valence-corrected chi connectivity index (χ3v) is 3.76. The highest BCUT2D eigenvalue weighted by molar-refractivity contribution is 5.94. The van der Waals surface area contributed by atoms with Gasteiger partial charge in [0.25, 0.3) is 5.91 Å². The lowest BCUT2D eigenvalue weighted by molar-refractivity contribution is 0.0950. The molecule has 1 aromatic heterocycles. The number of amides is 1. The van der Waals surface area contributed by atoms with Gasteiger partial charge in [-0.1, -0.05) is 18.2 Å². The molecule has 0 spiro atoms. The quantitative estimate of drug-likeness (QED) is 0.744. The van der Waals surface area contributed by atoms with Crippen LogP contribution >= 0.6 is 0 Å². The van der Waals surface area contributed by atoms with Gasteiger partial charge in [0.15, 0.2) is 0 Å². The average molecular weight is 343 g/mol. The molecule has 1 N–H and O–H groups in total. The van der Waals surface area contributed by atoms with Crippen LogP contribution in [0.5, 0.6) is 5.75 Å². The number of carbonyl (C=O) groups excluding carboxylic acids is 1. The number of nitriles is 1. The minimum Gasteiger partial charge on any atom is -0.489 e. The van der Waals surface area contributed by atoms with Gasteiger partial charge in [0.05, 0.1) is 11.6 Å². The van der Waals surface area contributed by atoms with Crippen molar-refractivity contribution in [1.82, 2.24) is 10.3 Å². The maximum Gasteiger partial charge on any atom is 0.251 e. The number of aromatic nitrogens is 1. The molecule has 5 nitrogen and oxygen atoms in total. The van der Waals surface area contributed by atoms with Crippen molar-refractivity contribution in [2.24, 2.45) is 0 Å². The lowest BCUT2D eigenvalue weighted by Gasteiger charge is -2.09. The van der Waals surface area contributed by atoms with Gasteiger partial charge < -0.3 is 10.1 Å². The summed E-state index contributed by atoms with van der Waals surface area (Å²) >= 11 is 0. The zero-order valence-electron chi connectivity index (χ0n) is 14.1. The van der Waals surface area contributed by atoms with Crippen LogP contribution in [-0.4, -0.2) is 10.9 Å². The Morgan fingerprint density at radius 1 is 1.04 bits per heavy atom. The van der Waals surface area contributed by atoms with E-state index in [1.807, 2.05) is 24.3 Å². The molecular formula is C21H17N3O2. The van der Waals surface area contributed by atoms with Gasteiger partial charge in [-0.2, -0.15) is 5.26 Å². The first kappa shape index (κ1) is 17.2. The van der Waals surface area contributed by atoms with Crippen molar-refractivity contribution >= 4 is 5.91 Å². The molecule has 0 aliphatic carbocycles. The molecule has 3 rings (SSSR count). The smallest absolute Gasteiger partial charge is 0.251 e. The van der Waals surface area contributed by atoms with Crippen molar-refractivity contribution in [3.63, 3.8) is 0 Å². The summed E-state index contributed by atoms with van der Waals surface area (Å²) in [4.78, 5) is 16.3. The van der Waals surface area contributed by atoms with Gasteiger partial charge in [0.1, 0.15) is 12.4 Å². The van der Waals surface area contributed by atoms with Gasteiger partial charge in [0.2, 0.25) is 0 Å². The number of hydrogen-bond donors (Lipinski definition) is 1. The third kappa shape index (κ3) is 4.68. The van der Waals surface area contributed by atoms with E-state index < -0.39 is 0 Å². The van der Waals surface area contributed by atoms with Crippen LogP contribution in [0.2, 0.25) is 0 Å². The Balaban J connectivity index is 1.60. The zero-order chi connectivity index (χ0) is 18.2. The van der Waals surface area contributed by atoms with Crippen LogP contribution in [0.1, 0.15) is 27.0 Å². The highest BCUT2D eigenvalue weighted by Gasteiger charge is 2.07. The van der Waals surface area contributed by atoms with Crippen LogP contribution in [0.25, 0.3) is 0 Å². The summed E-state index contributed by atoms with van der Waals surface area (Å²) in [6.07, 6.45) is 3.39. The average Bonchev–Trinajstić information content (AvgIpc) is 2.71. The summed E-state index contributed by atoms with van der Waals surface area (Å²) in [5.41, 5.74) is 2.99. The molecule has 0 saturated heterocycles. The van der Waals surface area contributed by atoms with Gasteiger partial charge in [-0.25, -0.2) is 0 Å². The molecule has 5 heteroatoms. The Hall–Kier alpha value is -3.65. The van der Waals surface area contributed by atoms with Gasteiger partial charge in [-0.05, 0) is 53.6 Å². The normalized spacial score (nSPS) is 9.96. The molecule has 3 aromatic rings. The molecule has 0 bridgehead atoms. The van der Waals surface area contributed by atoms with E-state index >= 15 is 0 Å². The molecule has 0 atom stereocenters. The molecule has 1 amide bonds. The van der Waals surface area contributed by atoms with E-state index in [2.05, 4.69) is 16.4 Å². The maximum absolute atomic E-state index is 12.3. The highest BCUT2D eigenvalue weighted by Crippen LogP contribution is 2.15. The predicted octanol–water partition coefficient (Wildman–Crippen LogP) is 3.46. The first-order valence-electron chi connectivity index (χ1n) is 8.13. The molecule has 0 radical (unpaired) electrons. The van der Waals surface area contributed by atoms with E-state index in [0.717, 1.165) is 11.1 Å². The summed E-state index contributed by atoms with van der Waals surface area (Å²) in [5.74, 6) is 0.478. The molecule has 0 unspecified atom stereocenters. The Morgan fingerprint density at radius 3 is 2.65 bits per heavy atom. The fraction of sp³-hybridized carbons (Fsp3) is 0.0952. The van der Waals surface area contributed by atoms with Crippen LogP contribution in [0.4, 0.5) is 0 Å². The molecule has 26 heavy (non-hydrogen) atoms. The number of nitrogens with zero attached hydrogens (tertiary/aromatic N) is 2. The number of benzene rings is 2. The zero-order valence-corrected chi connectivity index (χ0v) is 14.1. The Labute approximate surface area is 151 Å². The molecule has 128 valence electrons. The molecule has 1 heterocycles. The fourth-order valence-electron chi connectivity index (χ4n) is 2.41. The van der Waals surface area contributed by atoms with E-state index in [1.54, 1.807) is 48.8 Å². The van der Waals surface area contributed by atoms with Crippen molar-refractivity contribution in [2.45, 2.75) is 13.2 Å². The summed E-state index contributed by atoms with van der Waals surface area (Å²) in [7, 11) is 0. The number of nitrogens with one attached hydrogen (secondary N) is 1. The van der Waals surface area contributed by atoms with E-state index in [9.17, 15) is 4.79 Å². The van der Waals surface area contributed by atoms with Gasteiger partial charge in [-0.3, -0.25) is 9.78 Å². The Kier molecular flexibility index (Phi) is 5.58. The molecular weight excluding hydrogens is 326 g/mol. The highest BCUT2D eigenvalue weighted by atomic mass is 16.5. The first-order chi connectivity index (χ1) is 12.7. The molecule has 0 aliphatic heterocycles. The number of pyridine rings is 1. The number of ether oxygens (including phenoxy) is 1. The SMILES string of the molecule is N#Cc1cccc(OCc2cccc(C(=O)NCc3ccncc3)c2)c1. The number of rotatable bonds is 6. The third-order valence-electron chi connectivity index (χ3n) is 3.76. The van der Waals surface area contributed by atoms with E-state index in [0.29, 0.717) is 30.0 Å². The van der Waals surface area contributed by atoms with Gasteiger partial charge in [-0.15, -0.1) is 0 Å². The summed E-state index contributed by atoms with van der Waals surface area (Å²) in [5, 5.41) is 11.8. The second-order valence-electron chi connectivity index (χ2n) is 5.67. The van der Waals surface area contributed by atoms with Gasteiger partial charge >= 0.3 is 0 Å². The van der Waals surface area contributed by atoms with Crippen molar-refractivity contribution in [3.8, 4) is 11.8 Å². The largest absolute Gasteiger partial charge is 0.489 e. The molecule has 2 aromatic carbocycles. The van der Waals surface area contributed by atoms with E-state index in [4.69, 9.17) is 10.00 Å². The van der Waals surface area contributed by atoms with Crippen molar-refractivity contribution in [2.75, 3.05) is 0 Å². The Bertz CT molecular complexity index is 933. The molecule has 0 saturated carbocycles. The standard InChI is InChI=1S/C21H17N3O2/c22-13-17-3-2-6-20(12-17)26-15-18-4-1-5-19(11-18)21(25)24-14-16-7-9-23-10-8-16/h1-12H,14-15H2,(H,24,25). The lowest BCUT2D eigenvalue weighted by Crippen LogP contribution is -2.22. The number of hydrogen-bond acceptors (Lipinski definition) is 4. The minimum absolute atomic E-state index is 0.143. The van der Waals surface area contributed by atoms with Crippen molar-refractivity contribution in [3.05, 3.63) is 95.3 Å². The van der Waals surface area contributed by atoms with Crippen LogP contribution in [-0.2, 0) is 13.2 Å². The van der Waals surface area contributed by atoms with Crippen LogP contribution in [0, 0.1) is 11.3 Å². The lowest BCUT2D eigenvalue weighted by atomic mass is 10.1. The first-order valence-corrected chi connectivity index (χ1v) is 8.13. The number of carbonyl (C=O) groups is 1. The predicted molar refractivity (Wildman–Crippen MR) is 97.3 cm³/mol. The van der Waals surface area contributed by atoms with Crippen molar-refractivity contribution in [1.29, 1.82) is 5.26 Å². The Morgan fingerprint density at radius 2 is 1.85 bits per heavy atom. The molecule has 0 fully saturated rings. The van der Waals surface area contributed by atoms with E-state index in [1.165, 1.54) is 0 Å². The van der Waals surface area contributed by atoms with Gasteiger partial charge in [0, 0.05) is 24.5 Å². The fourth-order valence-corrected chi connectivity index (χ4v) is 2.41. The second-order valence-corrected chi connectivity index (χ2v) is 5.67. The second kappa shape index (κ2) is 8.45. The summed E-state index contributed by atoms with van der Waals surface area (Å²) in [6.45, 7) is 0.767. The van der Waals surface area contributed by atoms with Crippen molar-refractivity contribution < 1.29 is 9.53 Å². The minimum atomic E-state index is -0.143. The van der Waals surface area contributed by atoms with Crippen LogP contribution < -0.4 is 10.1 Å². The van der Waals surface area contributed by atoms with E-state index in [-0.39, 0.29) is 5.91 Å². The molecule has 0 aliphatic rings. The summed E-state index contributed by atoms with van der Waals surface area (Å²) in [6, 6.07) is 20.1. The monoisotopic (exact) mass is 343 g/mol. The van der Waals surface area contributed by atoms with Crippen LogP contribution in [0.15, 0.2) is 73.1 Å². The topological polar surface area (TPSA) is 75.0 Å².